The highest BCUT2D eigenvalue weighted by atomic mass is 16.5. The number of anilines is 1. The van der Waals surface area contributed by atoms with Gasteiger partial charge in [-0.15, -0.1) is 6.58 Å². The normalized spacial score (nSPS) is 23.1. The van der Waals surface area contributed by atoms with Gasteiger partial charge in [-0.2, -0.15) is 0 Å². The maximum absolute atomic E-state index is 15.0. The van der Waals surface area contributed by atoms with Crippen molar-refractivity contribution in [3.05, 3.63) is 97.1 Å². The predicted molar refractivity (Wildman–Crippen MR) is 219 cm³/mol. The minimum absolute atomic E-state index is 0.00108. The highest BCUT2D eigenvalue weighted by Gasteiger charge is 2.62. The number of ether oxygens (including phenoxy) is 3. The minimum Gasteiger partial charge on any atom is -0.497 e. The molecule has 0 bridgehead atoms. The third kappa shape index (κ3) is 8.10. The molecule has 3 unspecified atom stereocenters. The summed E-state index contributed by atoms with van der Waals surface area (Å²) >= 11 is 0. The topological polar surface area (TPSA) is 136 Å². The largest absolute Gasteiger partial charge is 0.497 e. The van der Waals surface area contributed by atoms with Crippen molar-refractivity contribution in [2.45, 2.75) is 83.5 Å². The van der Waals surface area contributed by atoms with E-state index < -0.39 is 46.9 Å². The quantitative estimate of drug-likeness (QED) is 0.110. The smallest absolute Gasteiger partial charge is 0.332 e. The van der Waals surface area contributed by atoms with Crippen LogP contribution in [0.1, 0.15) is 58.9 Å². The van der Waals surface area contributed by atoms with Crippen LogP contribution in [0.5, 0.6) is 11.5 Å². The Morgan fingerprint density at radius 2 is 1.81 bits per heavy atom. The van der Waals surface area contributed by atoms with Crippen LogP contribution in [-0.2, 0) is 30.3 Å². The van der Waals surface area contributed by atoms with Crippen molar-refractivity contribution in [3.8, 4) is 22.8 Å². The molecule has 3 aromatic carbocycles. The van der Waals surface area contributed by atoms with Gasteiger partial charge in [0.2, 0.25) is 11.8 Å². The summed E-state index contributed by atoms with van der Waals surface area (Å²) in [6, 6.07) is 23.8. The van der Waals surface area contributed by atoms with E-state index in [0.717, 1.165) is 28.6 Å². The summed E-state index contributed by atoms with van der Waals surface area (Å²) in [5.74, 6) is -1.22. The van der Waals surface area contributed by atoms with Gasteiger partial charge in [-0.05, 0) is 55.4 Å². The number of esters is 1. The molecule has 1 saturated heterocycles. The van der Waals surface area contributed by atoms with Gasteiger partial charge in [0.05, 0.1) is 37.5 Å². The molecule has 0 radical (unpaired) electrons. The zero-order valence-corrected chi connectivity index (χ0v) is 33.4. The lowest BCUT2D eigenvalue weighted by Crippen LogP contribution is -2.55. The van der Waals surface area contributed by atoms with Crippen molar-refractivity contribution in [1.82, 2.24) is 15.2 Å². The number of rotatable bonds is 13. The van der Waals surface area contributed by atoms with E-state index >= 15 is 0 Å². The standard InChI is InChI=1S/C46H52N4O7/c1-7-30-26-46(30,44(54)56-8-2)49-42(52)39-23-32(57-41-25-37(28-14-10-9-11-15-28)48-38-22-31(55-6)19-20-33(38)41)27-50(39)43(53)34(45(3,4)5)24-40(51)36-21-18-29-16-12-13-17-35(29)47-36/h7,9-17,19-20,22,25,30,32,34,36,39,47H,1,8,18,21,23-24,26-27H2,2-6H3,(H,49,52)/t30?,32-,34?,36+,39+,46?/m1/s1. The SMILES string of the molecule is C=CC1CC1(NC(=O)[C@@H]1C[C@@H](Oc2cc(-c3ccccc3)nc3cc(OC)ccc23)CN1C(=O)C(CC(=O)[C@@H]1CCc2ccccc2N1)C(C)(C)C)C(=O)OCC. The molecule has 3 heterocycles. The van der Waals surface area contributed by atoms with Crippen LogP contribution < -0.4 is 20.1 Å². The van der Waals surface area contributed by atoms with Crippen molar-refractivity contribution in [2.24, 2.45) is 17.3 Å². The monoisotopic (exact) mass is 772 g/mol. The van der Waals surface area contributed by atoms with Crippen LogP contribution in [0.15, 0.2) is 91.5 Å². The first kappa shape index (κ1) is 39.5. The molecule has 4 aromatic rings. The zero-order valence-electron chi connectivity index (χ0n) is 33.4. The van der Waals surface area contributed by atoms with Crippen LogP contribution in [0.25, 0.3) is 22.2 Å². The molecule has 3 aliphatic rings. The van der Waals surface area contributed by atoms with Crippen molar-refractivity contribution in [2.75, 3.05) is 25.6 Å². The third-order valence-corrected chi connectivity index (χ3v) is 11.7. The molecule has 57 heavy (non-hydrogen) atoms. The molecule has 2 aliphatic heterocycles. The average Bonchev–Trinajstić information content (AvgIpc) is 3.77. The highest BCUT2D eigenvalue weighted by molar-refractivity contribution is 5.97. The molecule has 2 amide bonds. The fourth-order valence-electron chi connectivity index (χ4n) is 8.26. The molecule has 1 saturated carbocycles. The number of carbonyl (C=O) groups is 4. The number of Topliss-reactive ketones (excluding diaryl/α,β-unsaturated/α-hetero) is 1. The van der Waals surface area contributed by atoms with Gasteiger partial charge in [0.1, 0.15) is 29.2 Å². The Kier molecular flexibility index (Phi) is 11.1. The fourth-order valence-corrected chi connectivity index (χ4v) is 8.26. The van der Waals surface area contributed by atoms with Crippen LogP contribution in [0.4, 0.5) is 5.69 Å². The number of nitrogens with zero attached hydrogens (tertiary/aromatic N) is 2. The number of pyridine rings is 1. The Bertz CT molecular complexity index is 2180. The lowest BCUT2D eigenvalue weighted by Gasteiger charge is -2.36. The Morgan fingerprint density at radius 3 is 2.51 bits per heavy atom. The van der Waals surface area contributed by atoms with Crippen molar-refractivity contribution in [3.63, 3.8) is 0 Å². The second kappa shape index (κ2) is 16.0. The number of amides is 2. The molecule has 1 aromatic heterocycles. The van der Waals surface area contributed by atoms with Gasteiger partial charge in [0, 0.05) is 53.4 Å². The predicted octanol–water partition coefficient (Wildman–Crippen LogP) is 6.93. The van der Waals surface area contributed by atoms with Gasteiger partial charge in [0.25, 0.3) is 0 Å². The van der Waals surface area contributed by atoms with Gasteiger partial charge in [-0.3, -0.25) is 14.4 Å². The maximum atomic E-state index is 15.0. The van der Waals surface area contributed by atoms with Gasteiger partial charge in [-0.1, -0.05) is 75.4 Å². The number of likely N-dealkylation sites (tertiary alicyclic amines) is 1. The lowest BCUT2D eigenvalue weighted by molar-refractivity contribution is -0.151. The van der Waals surface area contributed by atoms with Crippen LogP contribution >= 0.6 is 0 Å². The molecular weight excluding hydrogens is 721 g/mol. The van der Waals surface area contributed by atoms with E-state index in [1.807, 2.05) is 93.6 Å². The first-order valence-electron chi connectivity index (χ1n) is 19.9. The maximum Gasteiger partial charge on any atom is 0.332 e. The molecule has 298 valence electrons. The number of carbonyl (C=O) groups excluding carboxylic acids is 4. The molecule has 7 rings (SSSR count). The van der Waals surface area contributed by atoms with E-state index in [4.69, 9.17) is 19.2 Å². The number of fused-ring (bicyclic) bond motifs is 2. The highest BCUT2D eigenvalue weighted by Crippen LogP contribution is 2.46. The summed E-state index contributed by atoms with van der Waals surface area (Å²) < 4.78 is 17.7. The van der Waals surface area contributed by atoms with E-state index in [1.54, 1.807) is 25.0 Å². The van der Waals surface area contributed by atoms with E-state index in [0.29, 0.717) is 35.6 Å². The Balaban J connectivity index is 1.20. The van der Waals surface area contributed by atoms with E-state index in [1.165, 1.54) is 0 Å². The van der Waals surface area contributed by atoms with E-state index in [9.17, 15) is 19.2 Å². The van der Waals surface area contributed by atoms with Crippen LogP contribution in [0.3, 0.4) is 0 Å². The summed E-state index contributed by atoms with van der Waals surface area (Å²) in [5.41, 5.74) is 2.47. The number of benzene rings is 3. The number of aromatic nitrogens is 1. The van der Waals surface area contributed by atoms with Gasteiger partial charge in [-0.25, -0.2) is 9.78 Å². The summed E-state index contributed by atoms with van der Waals surface area (Å²) in [7, 11) is 1.60. The Hall–Kier alpha value is -5.71. The van der Waals surface area contributed by atoms with Crippen molar-refractivity contribution < 1.29 is 33.4 Å². The number of methoxy groups -OCH3 is 1. The summed E-state index contributed by atoms with van der Waals surface area (Å²) in [6.07, 6.45) is 2.94. The molecule has 11 heteroatoms. The number of aryl methyl sites for hydroxylation is 1. The minimum atomic E-state index is -1.25. The van der Waals surface area contributed by atoms with Gasteiger partial charge >= 0.3 is 5.97 Å². The number of ketones is 1. The number of para-hydroxylation sites is 1. The van der Waals surface area contributed by atoms with Gasteiger partial charge < -0.3 is 29.7 Å². The Morgan fingerprint density at radius 1 is 1.05 bits per heavy atom. The molecule has 0 spiro atoms. The third-order valence-electron chi connectivity index (χ3n) is 11.7. The number of hydrogen-bond donors (Lipinski definition) is 2. The average molecular weight is 773 g/mol. The summed E-state index contributed by atoms with van der Waals surface area (Å²) in [5, 5.41) is 7.13. The molecular formula is C46H52N4O7. The second-order valence-corrected chi connectivity index (χ2v) is 16.4. The number of hydrogen-bond acceptors (Lipinski definition) is 9. The number of nitrogens with one attached hydrogen (secondary N) is 2. The van der Waals surface area contributed by atoms with Crippen LogP contribution in [0, 0.1) is 17.3 Å². The first-order valence-corrected chi connectivity index (χ1v) is 19.9. The lowest BCUT2D eigenvalue weighted by atomic mass is 9.75. The van der Waals surface area contributed by atoms with Crippen molar-refractivity contribution >= 4 is 40.2 Å². The Labute approximate surface area is 334 Å². The zero-order chi connectivity index (χ0) is 40.5. The van der Waals surface area contributed by atoms with Crippen LogP contribution in [-0.4, -0.2) is 77.4 Å². The molecule has 11 nitrogen and oxygen atoms in total. The molecule has 2 fully saturated rings. The first-order chi connectivity index (χ1) is 27.3. The fraction of sp³-hybridized carbons (Fsp3) is 0.413. The van der Waals surface area contributed by atoms with E-state index in [2.05, 4.69) is 23.3 Å². The molecule has 2 N–H and O–H groups in total. The van der Waals surface area contributed by atoms with E-state index in [-0.39, 0.29) is 43.6 Å². The summed E-state index contributed by atoms with van der Waals surface area (Å²) in [6.45, 7) is 11.7. The molecule has 6 atom stereocenters. The van der Waals surface area contributed by atoms with Gasteiger partial charge in [0.15, 0.2) is 5.78 Å². The molecule has 1 aliphatic carbocycles. The second-order valence-electron chi connectivity index (χ2n) is 16.4. The van der Waals surface area contributed by atoms with Crippen LogP contribution in [0.2, 0.25) is 0 Å². The van der Waals surface area contributed by atoms with Crippen molar-refractivity contribution in [1.29, 1.82) is 0 Å². The summed E-state index contributed by atoms with van der Waals surface area (Å²) in [4.78, 5) is 63.1.